The van der Waals surface area contributed by atoms with Crippen molar-refractivity contribution in [1.29, 1.82) is 0 Å². The van der Waals surface area contributed by atoms with Gasteiger partial charge in [-0.3, -0.25) is 4.79 Å². The normalized spacial score (nSPS) is 10.6. The fraction of sp³-hybridized carbons (Fsp3) is 0.615. The number of aryl methyl sites for hydroxylation is 1. The predicted octanol–water partition coefficient (Wildman–Crippen LogP) is 3.53. The van der Waals surface area contributed by atoms with E-state index in [0.29, 0.717) is 0 Å². The summed E-state index contributed by atoms with van der Waals surface area (Å²) in [4.78, 5) is 14.0. The zero-order valence-electron chi connectivity index (χ0n) is 10.9. The van der Waals surface area contributed by atoms with Crippen molar-refractivity contribution in [3.05, 3.63) is 22.4 Å². The minimum Gasteiger partial charge on any atom is -0.342 e. The van der Waals surface area contributed by atoms with E-state index in [1.807, 2.05) is 23.9 Å². The highest BCUT2D eigenvalue weighted by Crippen LogP contribution is 2.17. The van der Waals surface area contributed by atoms with Gasteiger partial charge in [0.1, 0.15) is 5.69 Å². The number of aromatic nitrogens is 1. The number of carbonyl (C=O) groups is 1. The van der Waals surface area contributed by atoms with E-state index in [1.54, 1.807) is 4.90 Å². The molecule has 0 atom stereocenters. The second-order valence-corrected chi connectivity index (χ2v) is 5.23. The molecule has 17 heavy (non-hydrogen) atoms. The van der Waals surface area contributed by atoms with Gasteiger partial charge in [0.05, 0.1) is 0 Å². The Morgan fingerprint density at radius 1 is 1.41 bits per heavy atom. The molecule has 0 fully saturated rings. The van der Waals surface area contributed by atoms with Crippen molar-refractivity contribution >= 4 is 21.8 Å². The zero-order valence-corrected chi connectivity index (χ0v) is 12.5. The lowest BCUT2D eigenvalue weighted by molar-refractivity contribution is 0.0782. The van der Waals surface area contributed by atoms with Crippen LogP contribution in [0.5, 0.6) is 0 Å². The van der Waals surface area contributed by atoms with E-state index in [1.165, 1.54) is 0 Å². The van der Waals surface area contributed by atoms with Crippen LogP contribution >= 0.6 is 15.9 Å². The summed E-state index contributed by atoms with van der Waals surface area (Å²) < 4.78 is 2.99. The molecule has 0 aliphatic carbocycles. The van der Waals surface area contributed by atoms with Gasteiger partial charge in [-0.15, -0.1) is 0 Å². The van der Waals surface area contributed by atoms with Gasteiger partial charge in [0.15, 0.2) is 0 Å². The quantitative estimate of drug-likeness (QED) is 0.789. The molecule has 4 heteroatoms. The monoisotopic (exact) mass is 300 g/mol. The summed E-state index contributed by atoms with van der Waals surface area (Å²) in [5.74, 6) is 0.109. The van der Waals surface area contributed by atoms with E-state index < -0.39 is 0 Å². The van der Waals surface area contributed by atoms with Gasteiger partial charge < -0.3 is 9.47 Å². The first-order chi connectivity index (χ1) is 8.10. The third-order valence-electron chi connectivity index (χ3n) is 2.74. The van der Waals surface area contributed by atoms with Crippen LogP contribution in [-0.2, 0) is 6.54 Å². The van der Waals surface area contributed by atoms with Crippen molar-refractivity contribution in [1.82, 2.24) is 9.47 Å². The van der Waals surface area contributed by atoms with Crippen molar-refractivity contribution in [3.63, 3.8) is 0 Å². The molecule has 0 saturated heterocycles. The topological polar surface area (TPSA) is 25.2 Å². The molecule has 0 radical (unpaired) electrons. The van der Waals surface area contributed by atoms with Gasteiger partial charge in [-0.05, 0) is 34.8 Å². The van der Waals surface area contributed by atoms with E-state index in [-0.39, 0.29) is 5.91 Å². The summed E-state index contributed by atoms with van der Waals surface area (Å²) >= 11 is 3.43. The fourth-order valence-electron chi connectivity index (χ4n) is 1.77. The van der Waals surface area contributed by atoms with Crippen LogP contribution in [0.2, 0.25) is 0 Å². The molecule has 1 aromatic rings. The molecule has 0 unspecified atom stereocenters. The average Bonchev–Trinajstić information content (AvgIpc) is 2.66. The van der Waals surface area contributed by atoms with Crippen molar-refractivity contribution in [2.45, 2.75) is 39.7 Å². The van der Waals surface area contributed by atoms with E-state index in [4.69, 9.17) is 0 Å². The molecule has 0 saturated carbocycles. The predicted molar refractivity (Wildman–Crippen MR) is 74.3 cm³/mol. The third-order valence-corrected chi connectivity index (χ3v) is 3.17. The van der Waals surface area contributed by atoms with E-state index in [9.17, 15) is 4.79 Å². The molecule has 0 aliphatic rings. The standard InChI is InChI=1S/C13H21BrN2O/c1-4-6-8-15(3)13(17)12-9-11(14)10-16(12)7-5-2/h9-10H,4-8H2,1-3H3. The van der Waals surface area contributed by atoms with Gasteiger partial charge in [-0.1, -0.05) is 20.3 Å². The molecule has 0 N–H and O–H groups in total. The van der Waals surface area contributed by atoms with Crippen LogP contribution in [0.4, 0.5) is 0 Å². The Morgan fingerprint density at radius 2 is 2.12 bits per heavy atom. The maximum Gasteiger partial charge on any atom is 0.270 e. The molecule has 1 aromatic heterocycles. The zero-order chi connectivity index (χ0) is 12.8. The van der Waals surface area contributed by atoms with Gasteiger partial charge in [0.25, 0.3) is 5.91 Å². The number of amides is 1. The van der Waals surface area contributed by atoms with Crippen LogP contribution in [0.1, 0.15) is 43.6 Å². The number of carbonyl (C=O) groups excluding carboxylic acids is 1. The molecule has 0 bridgehead atoms. The first kappa shape index (κ1) is 14.3. The molecule has 0 aliphatic heterocycles. The number of rotatable bonds is 6. The van der Waals surface area contributed by atoms with Crippen LogP contribution in [0, 0.1) is 0 Å². The lowest BCUT2D eigenvalue weighted by Gasteiger charge is -2.17. The lowest BCUT2D eigenvalue weighted by Crippen LogP contribution is -2.29. The average molecular weight is 301 g/mol. The number of nitrogens with zero attached hydrogens (tertiary/aromatic N) is 2. The summed E-state index contributed by atoms with van der Waals surface area (Å²) in [7, 11) is 1.87. The van der Waals surface area contributed by atoms with Crippen LogP contribution in [0.15, 0.2) is 16.7 Å². The van der Waals surface area contributed by atoms with Gasteiger partial charge in [-0.2, -0.15) is 0 Å². The third kappa shape index (κ3) is 3.87. The molecule has 1 heterocycles. The Bertz CT molecular complexity index is 373. The first-order valence-electron chi connectivity index (χ1n) is 6.21. The van der Waals surface area contributed by atoms with Crippen LogP contribution < -0.4 is 0 Å². The number of halogens is 1. The van der Waals surface area contributed by atoms with Gasteiger partial charge in [-0.25, -0.2) is 0 Å². The number of unbranched alkanes of at least 4 members (excludes halogenated alkanes) is 1. The van der Waals surface area contributed by atoms with Crippen molar-refractivity contribution in [2.24, 2.45) is 0 Å². The fourth-order valence-corrected chi connectivity index (χ4v) is 2.24. The minimum atomic E-state index is 0.109. The van der Waals surface area contributed by atoms with Gasteiger partial charge >= 0.3 is 0 Å². The molecular formula is C13H21BrN2O. The van der Waals surface area contributed by atoms with Gasteiger partial charge in [0, 0.05) is 30.8 Å². The molecule has 3 nitrogen and oxygen atoms in total. The Hall–Kier alpha value is -0.770. The highest BCUT2D eigenvalue weighted by Gasteiger charge is 2.16. The van der Waals surface area contributed by atoms with E-state index in [2.05, 4.69) is 29.8 Å². The first-order valence-corrected chi connectivity index (χ1v) is 7.00. The van der Waals surface area contributed by atoms with Crippen LogP contribution in [-0.4, -0.2) is 29.0 Å². The largest absolute Gasteiger partial charge is 0.342 e. The highest BCUT2D eigenvalue weighted by molar-refractivity contribution is 9.10. The Balaban J connectivity index is 2.79. The van der Waals surface area contributed by atoms with E-state index in [0.717, 1.165) is 42.5 Å². The molecule has 0 aromatic carbocycles. The second kappa shape index (κ2) is 6.84. The smallest absolute Gasteiger partial charge is 0.270 e. The van der Waals surface area contributed by atoms with Crippen molar-refractivity contribution < 1.29 is 4.79 Å². The number of hydrogen-bond acceptors (Lipinski definition) is 1. The van der Waals surface area contributed by atoms with Crippen molar-refractivity contribution in [2.75, 3.05) is 13.6 Å². The molecule has 0 spiro atoms. The summed E-state index contributed by atoms with van der Waals surface area (Å²) in [6, 6.07) is 1.90. The highest BCUT2D eigenvalue weighted by atomic mass is 79.9. The minimum absolute atomic E-state index is 0.109. The maximum atomic E-state index is 12.2. The molecule has 96 valence electrons. The van der Waals surface area contributed by atoms with Crippen LogP contribution in [0.25, 0.3) is 0 Å². The molecular weight excluding hydrogens is 280 g/mol. The second-order valence-electron chi connectivity index (χ2n) is 4.32. The Kier molecular flexibility index (Phi) is 5.75. The Morgan fingerprint density at radius 3 is 2.71 bits per heavy atom. The summed E-state index contributed by atoms with van der Waals surface area (Å²) in [5, 5.41) is 0. The molecule has 1 rings (SSSR count). The Labute approximate surface area is 112 Å². The molecule has 1 amide bonds. The van der Waals surface area contributed by atoms with E-state index >= 15 is 0 Å². The summed E-state index contributed by atoms with van der Waals surface area (Å²) in [6.07, 6.45) is 5.17. The summed E-state index contributed by atoms with van der Waals surface area (Å²) in [6.45, 7) is 5.95. The SMILES string of the molecule is CCCCN(C)C(=O)c1cc(Br)cn1CCC. The lowest BCUT2D eigenvalue weighted by atomic mass is 10.3. The number of hydrogen-bond donors (Lipinski definition) is 0. The van der Waals surface area contributed by atoms with Gasteiger partial charge in [0.2, 0.25) is 0 Å². The maximum absolute atomic E-state index is 12.2. The van der Waals surface area contributed by atoms with Crippen molar-refractivity contribution in [3.8, 4) is 0 Å². The van der Waals surface area contributed by atoms with Crippen LogP contribution in [0.3, 0.4) is 0 Å². The summed E-state index contributed by atoms with van der Waals surface area (Å²) in [5.41, 5.74) is 0.775.